The number of rotatable bonds is 2. The van der Waals surface area contributed by atoms with Gasteiger partial charge < -0.3 is 5.11 Å². The Morgan fingerprint density at radius 1 is 1.60 bits per heavy atom. The highest BCUT2D eigenvalue weighted by Gasteiger charge is 2.11. The molecule has 0 aliphatic heterocycles. The number of aromatic nitrogens is 3. The van der Waals surface area contributed by atoms with Crippen molar-refractivity contribution in [3.63, 3.8) is 0 Å². The first-order valence-corrected chi connectivity index (χ1v) is 4.78. The number of halogens is 1. The average Bonchev–Trinajstić information content (AvgIpc) is 2.61. The summed E-state index contributed by atoms with van der Waals surface area (Å²) in [6.45, 7) is 1.95. The van der Waals surface area contributed by atoms with Crippen molar-refractivity contribution in [2.45, 2.75) is 13.3 Å². The Morgan fingerprint density at radius 2 is 2.33 bits per heavy atom. The van der Waals surface area contributed by atoms with Crippen molar-refractivity contribution in [2.24, 2.45) is 0 Å². The summed E-state index contributed by atoms with van der Waals surface area (Å²) in [4.78, 5) is 14.6. The van der Waals surface area contributed by atoms with E-state index in [1.807, 2.05) is 6.92 Å². The average molecular weight is 226 g/mol. The minimum atomic E-state index is -1.10. The Kier molecular flexibility index (Phi) is 2.32. The van der Waals surface area contributed by atoms with Gasteiger partial charge in [0.1, 0.15) is 5.15 Å². The SMILES string of the molecule is CCc1cc2nc(C(=O)O)cc(Cl)n2n1. The maximum atomic E-state index is 10.7. The molecule has 0 amide bonds. The molecule has 0 atom stereocenters. The van der Waals surface area contributed by atoms with Gasteiger partial charge in [0.2, 0.25) is 0 Å². The molecule has 0 spiro atoms. The number of aromatic carboxylic acids is 1. The van der Waals surface area contributed by atoms with E-state index in [4.69, 9.17) is 16.7 Å². The predicted octanol–water partition coefficient (Wildman–Crippen LogP) is 1.64. The molecule has 6 heteroatoms. The van der Waals surface area contributed by atoms with Crippen LogP contribution in [-0.4, -0.2) is 25.7 Å². The second-order valence-electron chi connectivity index (χ2n) is 3.03. The third-order valence-corrected chi connectivity index (χ3v) is 2.28. The van der Waals surface area contributed by atoms with Crippen LogP contribution in [0.2, 0.25) is 5.15 Å². The van der Waals surface area contributed by atoms with Gasteiger partial charge in [-0.25, -0.2) is 14.3 Å². The fraction of sp³-hybridized carbons (Fsp3) is 0.222. The van der Waals surface area contributed by atoms with Crippen LogP contribution in [0.25, 0.3) is 5.65 Å². The van der Waals surface area contributed by atoms with Gasteiger partial charge in [0, 0.05) is 12.1 Å². The van der Waals surface area contributed by atoms with Crippen molar-refractivity contribution in [2.75, 3.05) is 0 Å². The van der Waals surface area contributed by atoms with Gasteiger partial charge in [0.05, 0.1) is 5.69 Å². The maximum Gasteiger partial charge on any atom is 0.354 e. The molecule has 15 heavy (non-hydrogen) atoms. The molecule has 0 bridgehead atoms. The van der Waals surface area contributed by atoms with E-state index >= 15 is 0 Å². The summed E-state index contributed by atoms with van der Waals surface area (Å²) in [7, 11) is 0. The minimum Gasteiger partial charge on any atom is -0.477 e. The second-order valence-corrected chi connectivity index (χ2v) is 3.42. The Hall–Kier alpha value is -1.62. The molecule has 2 aromatic rings. The van der Waals surface area contributed by atoms with Crippen molar-refractivity contribution in [1.29, 1.82) is 0 Å². The zero-order valence-corrected chi connectivity index (χ0v) is 8.69. The standard InChI is InChI=1S/C9H8ClN3O2/c1-2-5-3-8-11-6(9(14)15)4-7(10)13(8)12-5/h3-4H,2H2,1H3,(H,14,15). The van der Waals surface area contributed by atoms with Crippen LogP contribution < -0.4 is 0 Å². The van der Waals surface area contributed by atoms with Crippen LogP contribution in [0.1, 0.15) is 23.1 Å². The van der Waals surface area contributed by atoms with Crippen molar-refractivity contribution < 1.29 is 9.90 Å². The van der Waals surface area contributed by atoms with E-state index in [1.54, 1.807) is 6.07 Å². The van der Waals surface area contributed by atoms with E-state index in [1.165, 1.54) is 10.6 Å². The lowest BCUT2D eigenvalue weighted by Crippen LogP contribution is -2.03. The van der Waals surface area contributed by atoms with Gasteiger partial charge in [0.15, 0.2) is 11.3 Å². The van der Waals surface area contributed by atoms with Crippen LogP contribution in [0.4, 0.5) is 0 Å². The molecular weight excluding hydrogens is 218 g/mol. The zero-order chi connectivity index (χ0) is 11.0. The number of carboxylic acid groups (broad SMARTS) is 1. The molecule has 0 radical (unpaired) electrons. The highest BCUT2D eigenvalue weighted by atomic mass is 35.5. The van der Waals surface area contributed by atoms with Gasteiger partial charge in [-0.15, -0.1) is 0 Å². The monoisotopic (exact) mass is 225 g/mol. The first kappa shape index (κ1) is 9.92. The summed E-state index contributed by atoms with van der Waals surface area (Å²) in [6.07, 6.45) is 0.752. The lowest BCUT2D eigenvalue weighted by molar-refractivity contribution is 0.0690. The largest absolute Gasteiger partial charge is 0.477 e. The van der Waals surface area contributed by atoms with Gasteiger partial charge in [-0.3, -0.25) is 0 Å². The van der Waals surface area contributed by atoms with E-state index in [2.05, 4.69) is 10.1 Å². The molecule has 78 valence electrons. The smallest absolute Gasteiger partial charge is 0.354 e. The van der Waals surface area contributed by atoms with Crippen LogP contribution >= 0.6 is 11.6 Å². The highest BCUT2D eigenvalue weighted by Crippen LogP contribution is 2.14. The number of aryl methyl sites for hydroxylation is 1. The van der Waals surface area contributed by atoms with Gasteiger partial charge in [-0.1, -0.05) is 18.5 Å². The predicted molar refractivity (Wildman–Crippen MR) is 54.3 cm³/mol. The number of nitrogens with zero attached hydrogens (tertiary/aromatic N) is 3. The molecular formula is C9H8ClN3O2. The Labute approximate surface area is 90.3 Å². The first-order valence-electron chi connectivity index (χ1n) is 4.40. The zero-order valence-electron chi connectivity index (χ0n) is 7.94. The summed E-state index contributed by atoms with van der Waals surface area (Å²) in [5, 5.41) is 13.2. The summed E-state index contributed by atoms with van der Waals surface area (Å²) in [5.41, 5.74) is 1.21. The molecule has 0 saturated carbocycles. The van der Waals surface area contributed by atoms with Crippen molar-refractivity contribution in [1.82, 2.24) is 14.6 Å². The molecule has 0 aliphatic rings. The number of hydrogen-bond donors (Lipinski definition) is 1. The Balaban J connectivity index is 2.70. The van der Waals surface area contributed by atoms with Crippen LogP contribution in [-0.2, 0) is 6.42 Å². The molecule has 2 rings (SSSR count). The second kappa shape index (κ2) is 3.51. The van der Waals surface area contributed by atoms with E-state index in [0.717, 1.165) is 12.1 Å². The summed E-state index contributed by atoms with van der Waals surface area (Å²) < 4.78 is 1.42. The van der Waals surface area contributed by atoms with E-state index < -0.39 is 5.97 Å². The van der Waals surface area contributed by atoms with Crippen LogP contribution in [0.5, 0.6) is 0 Å². The van der Waals surface area contributed by atoms with Gasteiger partial charge in [-0.2, -0.15) is 5.10 Å². The quantitative estimate of drug-likeness (QED) is 0.789. The molecule has 2 aromatic heterocycles. The fourth-order valence-corrected chi connectivity index (χ4v) is 1.50. The third-order valence-electron chi connectivity index (χ3n) is 2.02. The third kappa shape index (κ3) is 1.66. The van der Waals surface area contributed by atoms with Crippen LogP contribution in [0.3, 0.4) is 0 Å². The summed E-state index contributed by atoms with van der Waals surface area (Å²) in [6, 6.07) is 3.00. The molecule has 0 aliphatic carbocycles. The Morgan fingerprint density at radius 3 is 2.93 bits per heavy atom. The van der Waals surface area contributed by atoms with Crippen molar-refractivity contribution >= 4 is 23.2 Å². The normalized spacial score (nSPS) is 10.8. The maximum absolute atomic E-state index is 10.7. The fourth-order valence-electron chi connectivity index (χ4n) is 1.27. The lowest BCUT2D eigenvalue weighted by atomic mass is 10.3. The molecule has 5 nitrogen and oxygen atoms in total. The molecule has 0 unspecified atom stereocenters. The van der Waals surface area contributed by atoms with E-state index in [9.17, 15) is 4.79 Å². The van der Waals surface area contributed by atoms with Crippen LogP contribution in [0, 0.1) is 0 Å². The molecule has 2 heterocycles. The topological polar surface area (TPSA) is 67.5 Å². The first-order chi connectivity index (χ1) is 7.11. The summed E-state index contributed by atoms with van der Waals surface area (Å²) >= 11 is 5.87. The van der Waals surface area contributed by atoms with Gasteiger partial charge in [0.25, 0.3) is 0 Å². The molecule has 0 fully saturated rings. The van der Waals surface area contributed by atoms with Crippen LogP contribution in [0.15, 0.2) is 12.1 Å². The van der Waals surface area contributed by atoms with Crippen molar-refractivity contribution in [3.05, 3.63) is 28.7 Å². The molecule has 1 N–H and O–H groups in total. The molecule has 0 saturated heterocycles. The van der Waals surface area contributed by atoms with Crippen molar-refractivity contribution in [3.8, 4) is 0 Å². The summed E-state index contributed by atoms with van der Waals surface area (Å²) in [5.74, 6) is -1.10. The van der Waals surface area contributed by atoms with Gasteiger partial charge >= 0.3 is 5.97 Å². The number of fused-ring (bicyclic) bond motifs is 1. The van der Waals surface area contributed by atoms with Gasteiger partial charge in [-0.05, 0) is 6.42 Å². The molecule has 0 aromatic carbocycles. The lowest BCUT2D eigenvalue weighted by Gasteiger charge is -1.98. The highest BCUT2D eigenvalue weighted by molar-refractivity contribution is 6.30. The number of carbonyl (C=O) groups is 1. The number of hydrogen-bond acceptors (Lipinski definition) is 3. The minimum absolute atomic E-state index is 0.0740. The Bertz CT molecular complexity index is 535. The van der Waals surface area contributed by atoms with E-state index in [0.29, 0.717) is 5.65 Å². The number of carboxylic acids is 1. The van der Waals surface area contributed by atoms with E-state index in [-0.39, 0.29) is 10.8 Å².